The van der Waals surface area contributed by atoms with E-state index >= 15 is 0 Å². The van der Waals surface area contributed by atoms with Crippen LogP contribution in [0.1, 0.15) is 245 Å². The van der Waals surface area contributed by atoms with Gasteiger partial charge in [0.15, 0.2) is 6.10 Å². The first-order chi connectivity index (χ1) is 30.5. The first kappa shape index (κ1) is 58.9. The molecule has 0 bridgehead atoms. The van der Waals surface area contributed by atoms with Gasteiger partial charge in [-0.2, -0.15) is 0 Å². The largest absolute Gasteiger partial charge is 0.462 e. The van der Waals surface area contributed by atoms with Crippen LogP contribution in [0.3, 0.4) is 0 Å². The van der Waals surface area contributed by atoms with E-state index in [4.69, 9.17) is 14.2 Å². The molecule has 0 amide bonds. The molecule has 0 aliphatic carbocycles. The van der Waals surface area contributed by atoms with Crippen LogP contribution in [0.25, 0.3) is 0 Å². The zero-order valence-corrected chi connectivity index (χ0v) is 40.6. The van der Waals surface area contributed by atoms with E-state index in [1.54, 1.807) is 0 Å². The number of hydrogen-bond donors (Lipinski definition) is 0. The van der Waals surface area contributed by atoms with Crippen molar-refractivity contribution < 1.29 is 28.6 Å². The van der Waals surface area contributed by atoms with Crippen LogP contribution >= 0.6 is 0 Å². The van der Waals surface area contributed by atoms with E-state index in [9.17, 15) is 14.4 Å². The molecule has 0 aromatic rings. The third-order valence-electron chi connectivity index (χ3n) is 10.9. The van der Waals surface area contributed by atoms with Gasteiger partial charge < -0.3 is 14.2 Å². The summed E-state index contributed by atoms with van der Waals surface area (Å²) in [5.41, 5.74) is 0. The van der Waals surface area contributed by atoms with Crippen molar-refractivity contribution in [2.24, 2.45) is 0 Å². The molecule has 0 aliphatic heterocycles. The third-order valence-corrected chi connectivity index (χ3v) is 10.9. The van der Waals surface area contributed by atoms with Gasteiger partial charge in [-0.15, -0.1) is 0 Å². The maximum Gasteiger partial charge on any atom is 0.306 e. The highest BCUT2D eigenvalue weighted by Gasteiger charge is 2.19. The lowest BCUT2D eigenvalue weighted by Crippen LogP contribution is -2.30. The van der Waals surface area contributed by atoms with Crippen molar-refractivity contribution in [1.29, 1.82) is 0 Å². The predicted molar refractivity (Wildman–Crippen MR) is 265 cm³/mol. The Morgan fingerprint density at radius 1 is 0.355 bits per heavy atom. The molecule has 6 heteroatoms. The summed E-state index contributed by atoms with van der Waals surface area (Å²) < 4.78 is 16.7. The van der Waals surface area contributed by atoms with Crippen molar-refractivity contribution in [3.8, 4) is 0 Å². The highest BCUT2D eigenvalue weighted by atomic mass is 16.6. The second-order valence-corrected chi connectivity index (χ2v) is 17.1. The lowest BCUT2D eigenvalue weighted by Gasteiger charge is -2.18. The van der Waals surface area contributed by atoms with E-state index in [0.717, 1.165) is 83.5 Å². The van der Waals surface area contributed by atoms with Gasteiger partial charge in [0.1, 0.15) is 13.2 Å². The highest BCUT2D eigenvalue weighted by Crippen LogP contribution is 2.14. The molecule has 0 saturated heterocycles. The molecule has 0 aromatic heterocycles. The minimum atomic E-state index is -0.804. The first-order valence-corrected chi connectivity index (χ1v) is 26.0. The fourth-order valence-electron chi connectivity index (χ4n) is 7.04. The van der Waals surface area contributed by atoms with Crippen LogP contribution in [0.4, 0.5) is 0 Å². The molecule has 0 aliphatic rings. The van der Waals surface area contributed by atoms with E-state index in [0.29, 0.717) is 19.3 Å². The summed E-state index contributed by atoms with van der Waals surface area (Å²) in [7, 11) is 0. The molecule has 62 heavy (non-hydrogen) atoms. The molecule has 0 N–H and O–H groups in total. The Morgan fingerprint density at radius 2 is 0.694 bits per heavy atom. The van der Waals surface area contributed by atoms with Gasteiger partial charge in [-0.3, -0.25) is 14.4 Å². The Kier molecular flexibility index (Phi) is 47.9. The molecular formula is C56H96O6. The Hall–Kier alpha value is -3.15. The van der Waals surface area contributed by atoms with E-state index in [-0.39, 0.29) is 37.5 Å². The lowest BCUT2D eigenvalue weighted by molar-refractivity contribution is -0.167. The number of allylic oxidation sites excluding steroid dienone is 12. The Labute approximate surface area is 382 Å². The molecule has 0 saturated carbocycles. The molecule has 0 aromatic carbocycles. The third kappa shape index (κ3) is 47.9. The zero-order valence-electron chi connectivity index (χ0n) is 40.6. The molecule has 0 spiro atoms. The Balaban J connectivity index is 4.42. The number of carbonyl (C=O) groups is 3. The fraction of sp³-hybridized carbons (Fsp3) is 0.732. The molecule has 1 atom stereocenters. The Morgan fingerprint density at radius 3 is 1.19 bits per heavy atom. The average molecular weight is 865 g/mol. The molecule has 0 heterocycles. The zero-order chi connectivity index (χ0) is 45.1. The summed E-state index contributed by atoms with van der Waals surface area (Å²) in [5, 5.41) is 0. The lowest BCUT2D eigenvalue weighted by atomic mass is 10.1. The van der Waals surface area contributed by atoms with Gasteiger partial charge in [-0.25, -0.2) is 0 Å². The monoisotopic (exact) mass is 865 g/mol. The van der Waals surface area contributed by atoms with Crippen LogP contribution in [-0.4, -0.2) is 37.2 Å². The van der Waals surface area contributed by atoms with Crippen molar-refractivity contribution in [3.63, 3.8) is 0 Å². The van der Waals surface area contributed by atoms with Crippen LogP contribution in [-0.2, 0) is 28.6 Å². The van der Waals surface area contributed by atoms with Crippen molar-refractivity contribution >= 4 is 17.9 Å². The molecular weight excluding hydrogens is 769 g/mol. The van der Waals surface area contributed by atoms with Crippen LogP contribution in [0.2, 0.25) is 0 Å². The molecule has 0 rings (SSSR count). The molecule has 1 unspecified atom stereocenters. The maximum atomic E-state index is 12.8. The smallest absolute Gasteiger partial charge is 0.306 e. The van der Waals surface area contributed by atoms with Crippen LogP contribution < -0.4 is 0 Å². The minimum Gasteiger partial charge on any atom is -0.462 e. The van der Waals surface area contributed by atoms with E-state index in [1.165, 1.54) is 116 Å². The summed E-state index contributed by atoms with van der Waals surface area (Å²) in [4.78, 5) is 37.9. The number of ether oxygens (including phenoxy) is 3. The van der Waals surface area contributed by atoms with Crippen LogP contribution in [0.5, 0.6) is 0 Å². The van der Waals surface area contributed by atoms with E-state index in [2.05, 4.69) is 93.7 Å². The predicted octanol–water partition coefficient (Wildman–Crippen LogP) is 17.0. The summed E-state index contributed by atoms with van der Waals surface area (Å²) >= 11 is 0. The first-order valence-electron chi connectivity index (χ1n) is 26.0. The van der Waals surface area contributed by atoms with Crippen LogP contribution in [0.15, 0.2) is 72.9 Å². The van der Waals surface area contributed by atoms with Crippen molar-refractivity contribution in [3.05, 3.63) is 72.9 Å². The van der Waals surface area contributed by atoms with Gasteiger partial charge in [-0.05, 0) is 96.3 Å². The molecule has 6 nitrogen and oxygen atoms in total. The Bertz CT molecular complexity index is 1180. The summed E-state index contributed by atoms with van der Waals surface area (Å²) in [5.74, 6) is -0.976. The molecule has 0 fully saturated rings. The topological polar surface area (TPSA) is 78.9 Å². The van der Waals surface area contributed by atoms with E-state index in [1.807, 2.05) is 0 Å². The van der Waals surface area contributed by atoms with E-state index < -0.39 is 6.10 Å². The van der Waals surface area contributed by atoms with Gasteiger partial charge in [0.25, 0.3) is 0 Å². The second-order valence-electron chi connectivity index (χ2n) is 17.1. The summed E-state index contributed by atoms with van der Waals surface area (Å²) in [6.45, 7) is 6.43. The normalized spacial score (nSPS) is 12.6. The molecule has 356 valence electrons. The van der Waals surface area contributed by atoms with Gasteiger partial charge in [0, 0.05) is 19.3 Å². The van der Waals surface area contributed by atoms with Crippen molar-refractivity contribution in [2.75, 3.05) is 13.2 Å². The highest BCUT2D eigenvalue weighted by molar-refractivity contribution is 5.71. The van der Waals surface area contributed by atoms with Gasteiger partial charge in [0.2, 0.25) is 0 Å². The van der Waals surface area contributed by atoms with Crippen LogP contribution in [0, 0.1) is 0 Å². The standard InChI is InChI=1S/C56H96O6/c1-4-7-10-13-16-19-22-24-26-27-28-30-31-34-37-40-43-46-49-55(58)61-52-53(51-60-54(57)48-45-42-39-36-33-21-18-15-12-9-6-3)62-56(59)50-47-44-41-38-35-32-29-25-23-20-17-14-11-8-5-2/h9,12,17-18,20-21,23,25,28,30,36,39,53H,4-8,10-11,13-16,19,22,24,26-27,29,31-35,37-38,40-52H2,1-3H3/b12-9-,20-17-,21-18-,25-23-,30-28-,39-36-. The number of hydrogen-bond acceptors (Lipinski definition) is 6. The number of carbonyl (C=O) groups excluding carboxylic acids is 3. The summed E-state index contributed by atoms with van der Waals surface area (Å²) in [6, 6.07) is 0. The van der Waals surface area contributed by atoms with Gasteiger partial charge in [-0.1, -0.05) is 203 Å². The SMILES string of the molecule is CC/C=C\C/C=C\C/C=C\CCCC(=O)OCC(COC(=O)CCCCCCC/C=C\CCCCCCCCCCC)OC(=O)CCCCCCCC/C=C\C=C/CCCCC. The summed E-state index contributed by atoms with van der Waals surface area (Å²) in [6.07, 6.45) is 63.3. The average Bonchev–Trinajstić information content (AvgIpc) is 3.27. The molecule has 0 radical (unpaired) electrons. The number of unbranched alkanes of at least 4 members (excludes halogenated alkanes) is 24. The quantitative estimate of drug-likeness (QED) is 0.0199. The van der Waals surface area contributed by atoms with Crippen molar-refractivity contribution in [2.45, 2.75) is 252 Å². The minimum absolute atomic E-state index is 0.100. The number of rotatable bonds is 46. The van der Waals surface area contributed by atoms with Gasteiger partial charge in [0.05, 0.1) is 0 Å². The van der Waals surface area contributed by atoms with Crippen molar-refractivity contribution in [1.82, 2.24) is 0 Å². The second kappa shape index (κ2) is 50.5. The van der Waals surface area contributed by atoms with Gasteiger partial charge >= 0.3 is 17.9 Å². The maximum absolute atomic E-state index is 12.8. The fourth-order valence-corrected chi connectivity index (χ4v) is 7.04. The number of esters is 3.